The van der Waals surface area contributed by atoms with Crippen LogP contribution in [0.25, 0.3) is 32.9 Å². The Morgan fingerprint density at radius 2 is 2.00 bits per heavy atom. The Kier molecular flexibility index (Phi) is 5.40. The molecule has 0 saturated carbocycles. The molecule has 0 saturated heterocycles. The number of aromatic nitrogens is 5. The van der Waals surface area contributed by atoms with Gasteiger partial charge in [0.1, 0.15) is 34.4 Å². The third-order valence-electron chi connectivity index (χ3n) is 5.59. The van der Waals surface area contributed by atoms with Crippen LogP contribution < -0.4 is 10.1 Å². The Morgan fingerprint density at radius 1 is 1.15 bits per heavy atom. The van der Waals surface area contributed by atoms with E-state index in [1.165, 1.54) is 31.5 Å². The fraction of sp³-hybridized carbons (Fsp3) is 0.167. The van der Waals surface area contributed by atoms with Crippen LogP contribution in [0.15, 0.2) is 42.9 Å². The van der Waals surface area contributed by atoms with E-state index in [0.29, 0.717) is 46.3 Å². The van der Waals surface area contributed by atoms with E-state index in [2.05, 4.69) is 30.2 Å². The number of phenolic OH excluding ortho intramolecular Hbond substituents is 1. The number of anilines is 1. The molecule has 0 radical (unpaired) electrons. The van der Waals surface area contributed by atoms with Crippen molar-refractivity contribution < 1.29 is 18.6 Å². The van der Waals surface area contributed by atoms with Crippen molar-refractivity contribution in [1.29, 1.82) is 0 Å². The number of nitrogens with zero attached hydrogens (tertiary/aromatic N) is 4. The molecule has 0 bridgehead atoms. The van der Waals surface area contributed by atoms with Gasteiger partial charge in [0, 0.05) is 24.2 Å². The van der Waals surface area contributed by atoms with Crippen LogP contribution in [0.4, 0.5) is 14.6 Å². The average Bonchev–Trinajstić information content (AvgIpc) is 3.36. The summed E-state index contributed by atoms with van der Waals surface area (Å²) in [4.78, 5) is 19.9. The molecular formula is C24H20F2N6O2. The second-order valence-electron chi connectivity index (χ2n) is 7.60. The molecule has 172 valence electrons. The summed E-state index contributed by atoms with van der Waals surface area (Å²) in [5.41, 5.74) is 0.597. The Bertz CT molecular complexity index is 1520. The number of pyridine rings is 1. The van der Waals surface area contributed by atoms with Gasteiger partial charge < -0.3 is 20.1 Å². The van der Waals surface area contributed by atoms with Crippen LogP contribution in [-0.2, 0) is 13.0 Å². The topological polar surface area (TPSA) is 109 Å². The first-order valence-electron chi connectivity index (χ1n) is 10.6. The number of halogens is 2. The van der Waals surface area contributed by atoms with Gasteiger partial charge in [0.25, 0.3) is 0 Å². The Hall–Kier alpha value is -4.34. The van der Waals surface area contributed by atoms with Gasteiger partial charge in [0.2, 0.25) is 0 Å². The van der Waals surface area contributed by atoms with E-state index in [-0.39, 0.29) is 28.5 Å². The number of ether oxygens (including phenoxy) is 1. The SMILES string of the molecule is CCc1c(F)ccc2cc(O)cc(-c3ncc4c(NCc5ncc[nH]5)nc(OC)nc4c3F)c12. The molecule has 3 aromatic heterocycles. The van der Waals surface area contributed by atoms with E-state index >= 15 is 4.39 Å². The predicted molar refractivity (Wildman–Crippen MR) is 124 cm³/mol. The monoisotopic (exact) mass is 462 g/mol. The number of hydrogen-bond acceptors (Lipinski definition) is 7. The number of phenols is 1. The molecule has 3 N–H and O–H groups in total. The molecule has 0 fully saturated rings. The highest BCUT2D eigenvalue weighted by molar-refractivity contribution is 6.01. The van der Waals surface area contributed by atoms with Gasteiger partial charge in [-0.2, -0.15) is 9.97 Å². The molecule has 8 nitrogen and oxygen atoms in total. The van der Waals surface area contributed by atoms with Gasteiger partial charge in [0.05, 0.1) is 19.0 Å². The third-order valence-corrected chi connectivity index (χ3v) is 5.59. The number of methoxy groups -OCH3 is 1. The predicted octanol–water partition coefficient (Wildman–Crippen LogP) is 4.74. The number of aryl methyl sites for hydroxylation is 1. The molecule has 34 heavy (non-hydrogen) atoms. The average molecular weight is 462 g/mol. The van der Waals surface area contributed by atoms with Gasteiger partial charge in [-0.15, -0.1) is 0 Å². The molecule has 0 atom stereocenters. The minimum atomic E-state index is -0.738. The van der Waals surface area contributed by atoms with E-state index in [4.69, 9.17) is 4.74 Å². The molecule has 0 aliphatic carbocycles. The molecule has 5 aromatic rings. The highest BCUT2D eigenvalue weighted by atomic mass is 19.1. The minimum absolute atomic E-state index is 0.0234. The maximum absolute atomic E-state index is 15.9. The summed E-state index contributed by atoms with van der Waals surface area (Å²) in [6.07, 6.45) is 5.14. The quantitative estimate of drug-likeness (QED) is 0.335. The van der Waals surface area contributed by atoms with Crippen LogP contribution >= 0.6 is 0 Å². The lowest BCUT2D eigenvalue weighted by molar-refractivity contribution is 0.382. The Balaban J connectivity index is 1.73. The Morgan fingerprint density at radius 3 is 2.74 bits per heavy atom. The molecule has 0 amide bonds. The zero-order valence-corrected chi connectivity index (χ0v) is 18.4. The highest BCUT2D eigenvalue weighted by Crippen LogP contribution is 2.38. The van der Waals surface area contributed by atoms with Crippen molar-refractivity contribution in [3.05, 3.63) is 65.9 Å². The first-order valence-corrected chi connectivity index (χ1v) is 10.6. The van der Waals surface area contributed by atoms with Crippen LogP contribution in [0, 0.1) is 11.6 Å². The largest absolute Gasteiger partial charge is 0.508 e. The summed E-state index contributed by atoms with van der Waals surface area (Å²) in [5, 5.41) is 14.8. The summed E-state index contributed by atoms with van der Waals surface area (Å²) in [6, 6.07) is 5.74. The van der Waals surface area contributed by atoms with Crippen molar-refractivity contribution in [2.24, 2.45) is 0 Å². The molecular weight excluding hydrogens is 442 g/mol. The fourth-order valence-corrected chi connectivity index (χ4v) is 4.04. The van der Waals surface area contributed by atoms with Crippen LogP contribution in [0.5, 0.6) is 11.8 Å². The third kappa shape index (κ3) is 3.62. The number of imidazole rings is 1. The number of H-pyrrole nitrogens is 1. The van der Waals surface area contributed by atoms with E-state index in [9.17, 15) is 9.50 Å². The summed E-state index contributed by atoms with van der Waals surface area (Å²) in [5.74, 6) is -0.249. The number of aromatic amines is 1. The maximum atomic E-state index is 15.9. The highest BCUT2D eigenvalue weighted by Gasteiger charge is 2.21. The maximum Gasteiger partial charge on any atom is 0.318 e. The number of benzene rings is 2. The number of hydrogen-bond donors (Lipinski definition) is 3. The van der Waals surface area contributed by atoms with E-state index < -0.39 is 11.6 Å². The minimum Gasteiger partial charge on any atom is -0.508 e. The second kappa shape index (κ2) is 8.54. The second-order valence-corrected chi connectivity index (χ2v) is 7.60. The van der Waals surface area contributed by atoms with Crippen molar-refractivity contribution in [1.82, 2.24) is 24.9 Å². The normalized spacial score (nSPS) is 11.3. The van der Waals surface area contributed by atoms with Gasteiger partial charge >= 0.3 is 6.01 Å². The molecule has 2 aromatic carbocycles. The number of aromatic hydroxyl groups is 1. The van der Waals surface area contributed by atoms with Gasteiger partial charge in [-0.1, -0.05) is 13.0 Å². The molecule has 0 aliphatic heterocycles. The lowest BCUT2D eigenvalue weighted by atomic mass is 9.94. The van der Waals surface area contributed by atoms with Crippen molar-refractivity contribution in [2.45, 2.75) is 19.9 Å². The first kappa shape index (κ1) is 21.5. The molecule has 3 heterocycles. The van der Waals surface area contributed by atoms with E-state index in [1.54, 1.807) is 18.5 Å². The van der Waals surface area contributed by atoms with Crippen LogP contribution in [0.1, 0.15) is 18.3 Å². The van der Waals surface area contributed by atoms with Gasteiger partial charge in [0.15, 0.2) is 5.82 Å². The van der Waals surface area contributed by atoms with Crippen LogP contribution in [-0.4, -0.2) is 37.1 Å². The molecule has 0 aliphatic rings. The lowest BCUT2D eigenvalue weighted by Crippen LogP contribution is -2.07. The number of nitrogens with one attached hydrogen (secondary N) is 2. The smallest absolute Gasteiger partial charge is 0.318 e. The standard InChI is InChI=1S/C24H20F2N6O2/c1-3-14-17(25)5-4-12-8-13(33)9-15(19(12)14)21-20(26)22-16(10-29-21)23(32-24(31-22)34-2)30-11-18-27-6-7-28-18/h4-10,33H,3,11H2,1-2H3,(H,27,28)(H,30,31,32). The van der Waals surface area contributed by atoms with Crippen LogP contribution in [0.3, 0.4) is 0 Å². The lowest BCUT2D eigenvalue weighted by Gasteiger charge is -2.15. The van der Waals surface area contributed by atoms with Crippen molar-refractivity contribution in [3.63, 3.8) is 0 Å². The molecule has 5 rings (SSSR count). The Labute approximate surface area is 192 Å². The van der Waals surface area contributed by atoms with Gasteiger partial charge in [-0.25, -0.2) is 13.8 Å². The summed E-state index contributed by atoms with van der Waals surface area (Å²) in [7, 11) is 1.39. The van der Waals surface area contributed by atoms with Gasteiger partial charge in [-0.3, -0.25) is 4.98 Å². The zero-order chi connectivity index (χ0) is 23.8. The van der Waals surface area contributed by atoms with Crippen molar-refractivity contribution >= 4 is 27.5 Å². The zero-order valence-electron chi connectivity index (χ0n) is 18.4. The van der Waals surface area contributed by atoms with Crippen molar-refractivity contribution in [2.75, 3.05) is 12.4 Å². The molecule has 10 heteroatoms. The van der Waals surface area contributed by atoms with Crippen LogP contribution in [0.2, 0.25) is 0 Å². The fourth-order valence-electron chi connectivity index (χ4n) is 4.04. The molecule has 0 spiro atoms. The van der Waals surface area contributed by atoms with E-state index in [1.807, 2.05) is 6.92 Å². The summed E-state index contributed by atoms with van der Waals surface area (Å²) < 4.78 is 35.7. The number of rotatable bonds is 6. The molecule has 0 unspecified atom stereocenters. The van der Waals surface area contributed by atoms with Crippen molar-refractivity contribution in [3.8, 4) is 23.0 Å². The number of fused-ring (bicyclic) bond motifs is 2. The summed E-state index contributed by atoms with van der Waals surface area (Å²) >= 11 is 0. The van der Waals surface area contributed by atoms with Gasteiger partial charge in [-0.05, 0) is 41.0 Å². The summed E-state index contributed by atoms with van der Waals surface area (Å²) in [6.45, 7) is 2.12. The van der Waals surface area contributed by atoms with E-state index in [0.717, 1.165) is 0 Å². The first-order chi connectivity index (χ1) is 16.5.